The molecule has 5 rings (SSSR count). The first-order chi connectivity index (χ1) is 19.1. The molecular weight excluding hydrogens is 546 g/mol. The van der Waals surface area contributed by atoms with Crippen LogP contribution in [0.4, 0.5) is 0 Å². The maximum Gasteiger partial charge on any atom is 0.295 e. The van der Waals surface area contributed by atoms with Gasteiger partial charge in [0.1, 0.15) is 5.69 Å². The Morgan fingerprint density at radius 1 is 1.02 bits per heavy atom. The molecule has 3 heterocycles. The van der Waals surface area contributed by atoms with Gasteiger partial charge < -0.3 is 4.57 Å². The van der Waals surface area contributed by atoms with Gasteiger partial charge in [0.15, 0.2) is 10.9 Å². The number of nitrogens with zero attached hydrogens (tertiary/aromatic N) is 5. The summed E-state index contributed by atoms with van der Waals surface area (Å²) in [4.78, 5) is 44.9. The second-order valence-electron chi connectivity index (χ2n) is 9.50. The number of thioether (sulfide) groups is 1. The second-order valence-corrected chi connectivity index (χ2v) is 10.9. The summed E-state index contributed by atoms with van der Waals surface area (Å²) in [5.74, 6) is -0.0750. The summed E-state index contributed by atoms with van der Waals surface area (Å²) in [5.41, 5.74) is 4.08. The zero-order valence-electron chi connectivity index (χ0n) is 22.6. The maximum absolute atomic E-state index is 13.6. The highest BCUT2D eigenvalue weighted by Gasteiger charge is 2.24. The highest BCUT2D eigenvalue weighted by atomic mass is 35.5. The van der Waals surface area contributed by atoms with Gasteiger partial charge in [-0.15, -0.1) is 6.58 Å². The van der Waals surface area contributed by atoms with E-state index in [1.165, 1.54) is 16.3 Å². The molecule has 0 aliphatic heterocycles. The number of halogens is 1. The van der Waals surface area contributed by atoms with E-state index < -0.39 is 0 Å². The Labute approximate surface area is 240 Å². The quantitative estimate of drug-likeness (QED) is 0.107. The van der Waals surface area contributed by atoms with E-state index in [9.17, 15) is 14.4 Å². The Balaban J connectivity index is 1.50. The molecule has 5 aromatic rings. The number of para-hydroxylation sites is 1. The third kappa shape index (κ3) is 4.65. The molecule has 0 amide bonds. The second kappa shape index (κ2) is 10.8. The maximum atomic E-state index is 13.6. The van der Waals surface area contributed by atoms with E-state index in [-0.39, 0.29) is 29.2 Å². The Morgan fingerprint density at radius 2 is 1.75 bits per heavy atom. The average molecular weight is 574 g/mol. The average Bonchev–Trinajstić information content (AvgIpc) is 3.34. The summed E-state index contributed by atoms with van der Waals surface area (Å²) in [7, 11) is 1.84. The van der Waals surface area contributed by atoms with Gasteiger partial charge in [0.05, 0.1) is 28.0 Å². The van der Waals surface area contributed by atoms with Crippen LogP contribution in [0.1, 0.15) is 27.4 Å². The molecular formula is C30H28ClN5O3S. The topological polar surface area (TPSA) is 83.8 Å². The van der Waals surface area contributed by atoms with Gasteiger partial charge in [0, 0.05) is 35.6 Å². The molecule has 0 saturated heterocycles. The molecule has 0 aliphatic carbocycles. The summed E-state index contributed by atoms with van der Waals surface area (Å²) in [6.07, 6.45) is 1.62. The van der Waals surface area contributed by atoms with Gasteiger partial charge >= 0.3 is 0 Å². The molecule has 0 N–H and O–H groups in total. The molecule has 0 fully saturated rings. The van der Waals surface area contributed by atoms with Crippen LogP contribution in [-0.4, -0.2) is 35.0 Å². The first kappa shape index (κ1) is 27.5. The minimum absolute atomic E-state index is 0.0575. The smallest absolute Gasteiger partial charge is 0.295 e. The Morgan fingerprint density at radius 3 is 2.45 bits per heavy atom. The summed E-state index contributed by atoms with van der Waals surface area (Å²) in [6, 6.07) is 16.2. The minimum Gasteiger partial charge on any atom is -0.311 e. The molecule has 3 aromatic heterocycles. The first-order valence-corrected chi connectivity index (χ1v) is 14.0. The van der Waals surface area contributed by atoms with Crippen molar-refractivity contribution in [3.63, 3.8) is 0 Å². The molecule has 0 unspecified atom stereocenters. The van der Waals surface area contributed by atoms with Crippen molar-refractivity contribution in [2.24, 2.45) is 7.05 Å². The summed E-state index contributed by atoms with van der Waals surface area (Å²) in [6.45, 7) is 9.63. The fourth-order valence-corrected chi connectivity index (χ4v) is 6.04. The molecule has 40 heavy (non-hydrogen) atoms. The molecule has 0 saturated carbocycles. The summed E-state index contributed by atoms with van der Waals surface area (Å²) >= 11 is 7.32. The number of Topliss-reactive ketones (excluding diaryl/α,β-unsaturated/α-hetero) is 1. The normalized spacial score (nSPS) is 11.3. The van der Waals surface area contributed by atoms with Crippen molar-refractivity contribution in [3.05, 3.63) is 116 Å². The van der Waals surface area contributed by atoms with E-state index in [0.717, 1.165) is 17.1 Å². The first-order valence-electron chi connectivity index (χ1n) is 12.6. The predicted octanol–water partition coefficient (Wildman–Crippen LogP) is 5.42. The number of benzene rings is 2. The standard InChI is InChI=1S/C30H28ClN5O3S/c1-6-14-34-28(38)23-13-12-21(31)16-25(23)32-30(34)40-17-26(37)24-15-18(2)35(19(24)3)27-20(4)33(5)36(29(27)39)22-10-8-7-9-11-22/h6-13,15-16H,1,14,17H2,2-5H3. The highest BCUT2D eigenvalue weighted by molar-refractivity contribution is 7.99. The van der Waals surface area contributed by atoms with E-state index in [0.29, 0.717) is 38.0 Å². The molecule has 204 valence electrons. The SMILES string of the molecule is C=CCn1c(SCC(=O)c2cc(C)n(-c3c(C)n(C)n(-c4ccccc4)c3=O)c2C)nc2cc(Cl)ccc2c1=O. The van der Waals surface area contributed by atoms with Crippen molar-refractivity contribution in [1.29, 1.82) is 0 Å². The van der Waals surface area contributed by atoms with E-state index >= 15 is 0 Å². The van der Waals surface area contributed by atoms with Crippen molar-refractivity contribution in [2.75, 3.05) is 5.75 Å². The van der Waals surface area contributed by atoms with E-state index in [2.05, 4.69) is 11.6 Å². The number of hydrogen-bond acceptors (Lipinski definition) is 5. The number of allylic oxidation sites excluding steroid dienone is 1. The third-order valence-electron chi connectivity index (χ3n) is 7.01. The number of rotatable bonds is 8. The highest BCUT2D eigenvalue weighted by Crippen LogP contribution is 2.26. The van der Waals surface area contributed by atoms with Crippen molar-refractivity contribution >= 4 is 40.0 Å². The number of aromatic nitrogens is 5. The van der Waals surface area contributed by atoms with E-state index in [1.807, 2.05) is 67.4 Å². The lowest BCUT2D eigenvalue weighted by molar-refractivity contribution is 0.102. The molecule has 0 bridgehead atoms. The van der Waals surface area contributed by atoms with Crippen LogP contribution < -0.4 is 11.1 Å². The van der Waals surface area contributed by atoms with Crippen molar-refractivity contribution in [2.45, 2.75) is 32.5 Å². The largest absolute Gasteiger partial charge is 0.311 e. The third-order valence-corrected chi connectivity index (χ3v) is 8.22. The van der Waals surface area contributed by atoms with Crippen molar-refractivity contribution in [1.82, 2.24) is 23.5 Å². The number of aryl methyl sites for hydroxylation is 1. The number of ketones is 1. The molecule has 0 atom stereocenters. The van der Waals surface area contributed by atoms with Gasteiger partial charge in [0.25, 0.3) is 11.1 Å². The predicted molar refractivity (Wildman–Crippen MR) is 161 cm³/mol. The lowest BCUT2D eigenvalue weighted by Gasteiger charge is -2.11. The monoisotopic (exact) mass is 573 g/mol. The fraction of sp³-hybridized carbons (Fsp3) is 0.200. The molecule has 8 nitrogen and oxygen atoms in total. The van der Waals surface area contributed by atoms with Crippen LogP contribution in [0.25, 0.3) is 22.3 Å². The molecule has 0 spiro atoms. The van der Waals surface area contributed by atoms with Gasteiger partial charge in [-0.1, -0.05) is 47.6 Å². The minimum atomic E-state index is -0.219. The van der Waals surface area contributed by atoms with Gasteiger partial charge in [-0.2, -0.15) is 0 Å². The Hall–Kier alpha value is -4.08. The van der Waals surface area contributed by atoms with Gasteiger partial charge in [-0.25, -0.2) is 9.67 Å². The lowest BCUT2D eigenvalue weighted by atomic mass is 10.2. The number of carbonyl (C=O) groups excluding carboxylic acids is 1. The van der Waals surface area contributed by atoms with E-state index in [4.69, 9.17) is 11.6 Å². The summed E-state index contributed by atoms with van der Waals surface area (Å²) in [5, 5.41) is 1.33. The van der Waals surface area contributed by atoms with Gasteiger partial charge in [-0.05, 0) is 57.2 Å². The van der Waals surface area contributed by atoms with Crippen molar-refractivity contribution in [3.8, 4) is 11.4 Å². The molecule has 10 heteroatoms. The van der Waals surface area contributed by atoms with E-state index in [1.54, 1.807) is 35.0 Å². The lowest BCUT2D eigenvalue weighted by Crippen LogP contribution is -2.23. The Kier molecular flexibility index (Phi) is 7.44. The Bertz CT molecular complexity index is 1910. The van der Waals surface area contributed by atoms with Crippen LogP contribution in [-0.2, 0) is 13.6 Å². The van der Waals surface area contributed by atoms with Crippen LogP contribution in [0.15, 0.2) is 82.0 Å². The molecule has 0 radical (unpaired) electrons. The van der Waals surface area contributed by atoms with Gasteiger partial charge in [-0.3, -0.25) is 23.6 Å². The zero-order chi connectivity index (χ0) is 28.7. The van der Waals surface area contributed by atoms with Crippen LogP contribution in [0.3, 0.4) is 0 Å². The van der Waals surface area contributed by atoms with Crippen LogP contribution in [0.2, 0.25) is 5.02 Å². The number of carbonyl (C=O) groups is 1. The number of hydrogen-bond donors (Lipinski definition) is 0. The van der Waals surface area contributed by atoms with Gasteiger partial charge in [0.2, 0.25) is 0 Å². The summed E-state index contributed by atoms with van der Waals surface area (Å²) < 4.78 is 6.79. The number of fused-ring (bicyclic) bond motifs is 1. The van der Waals surface area contributed by atoms with Crippen LogP contribution in [0.5, 0.6) is 0 Å². The van der Waals surface area contributed by atoms with Crippen molar-refractivity contribution < 1.29 is 4.79 Å². The zero-order valence-corrected chi connectivity index (χ0v) is 24.2. The fourth-order valence-electron chi connectivity index (χ4n) is 4.98. The van der Waals surface area contributed by atoms with Crippen LogP contribution in [0, 0.1) is 20.8 Å². The molecule has 2 aromatic carbocycles. The molecule has 0 aliphatic rings. The van der Waals surface area contributed by atoms with Crippen LogP contribution >= 0.6 is 23.4 Å².